The second kappa shape index (κ2) is 4.62. The van der Waals surface area contributed by atoms with Crippen molar-refractivity contribution in [3.05, 3.63) is 12.2 Å². The Balaban J connectivity index is 1.38. The average molecular weight is 259 g/mol. The summed E-state index contributed by atoms with van der Waals surface area (Å²) in [4.78, 5) is 0. The van der Waals surface area contributed by atoms with E-state index in [1.54, 1.807) is 38.5 Å². The first kappa shape index (κ1) is 12.4. The molecule has 0 saturated heterocycles. The summed E-state index contributed by atoms with van der Waals surface area (Å²) in [6.07, 6.45) is 14.6. The summed E-state index contributed by atoms with van der Waals surface area (Å²) < 4.78 is 0. The van der Waals surface area contributed by atoms with Crippen LogP contribution in [0.2, 0.25) is 0 Å². The van der Waals surface area contributed by atoms with Crippen LogP contribution < -0.4 is 5.32 Å². The maximum absolute atomic E-state index is 4.20. The van der Waals surface area contributed by atoms with Crippen molar-refractivity contribution in [2.24, 2.45) is 23.2 Å². The summed E-state index contributed by atoms with van der Waals surface area (Å²) in [5.41, 5.74) is 2.18. The van der Waals surface area contributed by atoms with Gasteiger partial charge in [-0.2, -0.15) is 0 Å². The number of hydrogen-bond acceptors (Lipinski definition) is 1. The van der Waals surface area contributed by atoms with Crippen LogP contribution in [0.1, 0.15) is 64.2 Å². The maximum atomic E-state index is 4.20. The van der Waals surface area contributed by atoms with Gasteiger partial charge in [-0.05, 0) is 87.4 Å². The molecular weight excluding hydrogens is 230 g/mol. The molecule has 19 heavy (non-hydrogen) atoms. The van der Waals surface area contributed by atoms with E-state index in [1.165, 1.54) is 37.8 Å². The van der Waals surface area contributed by atoms with Crippen molar-refractivity contribution in [1.82, 2.24) is 5.32 Å². The molecule has 0 heterocycles. The molecule has 5 aliphatic carbocycles. The Bertz CT molecular complexity index is 335. The van der Waals surface area contributed by atoms with E-state index in [-0.39, 0.29) is 0 Å². The fourth-order valence-corrected chi connectivity index (χ4v) is 6.19. The lowest BCUT2D eigenvalue weighted by Crippen LogP contribution is -2.51. The molecule has 1 N–H and O–H groups in total. The summed E-state index contributed by atoms with van der Waals surface area (Å²) in [6, 6.07) is 0.745. The van der Waals surface area contributed by atoms with Gasteiger partial charge in [0.15, 0.2) is 0 Å². The molecule has 0 aromatic carbocycles. The van der Waals surface area contributed by atoms with Gasteiger partial charge in [0.1, 0.15) is 0 Å². The lowest BCUT2D eigenvalue weighted by atomic mass is 9.49. The van der Waals surface area contributed by atoms with E-state index in [2.05, 4.69) is 11.9 Å². The molecule has 1 heteroatoms. The highest BCUT2D eigenvalue weighted by atomic mass is 14.9. The minimum Gasteiger partial charge on any atom is -0.313 e. The van der Waals surface area contributed by atoms with E-state index in [9.17, 15) is 0 Å². The first-order valence-corrected chi connectivity index (χ1v) is 8.61. The zero-order valence-corrected chi connectivity index (χ0v) is 12.3. The molecule has 5 fully saturated rings. The van der Waals surface area contributed by atoms with Crippen molar-refractivity contribution in [2.75, 3.05) is 6.54 Å². The Morgan fingerprint density at radius 2 is 1.68 bits per heavy atom. The lowest BCUT2D eigenvalue weighted by molar-refractivity contribution is -0.0526. The smallest absolute Gasteiger partial charge is 0.0104 e. The Kier molecular flexibility index (Phi) is 3.02. The van der Waals surface area contributed by atoms with E-state index in [0.717, 1.165) is 23.8 Å². The zero-order valence-electron chi connectivity index (χ0n) is 12.3. The second-order valence-corrected chi connectivity index (χ2v) is 8.34. The number of hydrogen-bond donors (Lipinski definition) is 1. The fraction of sp³-hybridized carbons (Fsp3) is 0.889. The molecule has 0 aliphatic heterocycles. The zero-order chi connectivity index (χ0) is 12.9. The molecule has 5 saturated carbocycles. The molecule has 0 aromatic heterocycles. The third-order valence-electron chi connectivity index (χ3n) is 6.55. The predicted octanol–water partition coefficient (Wildman–Crippen LogP) is 4.29. The predicted molar refractivity (Wildman–Crippen MR) is 80.0 cm³/mol. The van der Waals surface area contributed by atoms with E-state index in [4.69, 9.17) is 0 Å². The van der Waals surface area contributed by atoms with Gasteiger partial charge in [-0.1, -0.05) is 12.2 Å². The van der Waals surface area contributed by atoms with E-state index in [1.807, 2.05) is 0 Å². The maximum Gasteiger partial charge on any atom is 0.0104 e. The van der Waals surface area contributed by atoms with Gasteiger partial charge < -0.3 is 5.32 Å². The van der Waals surface area contributed by atoms with Crippen LogP contribution in [-0.4, -0.2) is 12.6 Å². The highest BCUT2D eigenvalue weighted by Crippen LogP contribution is 2.59. The standard InChI is InChI=1S/C18H29N/c1-13-3-2-4-17(5-13)19-12-18-9-14-6-15(10-18)8-16(7-14)11-18/h14-17,19H,1-12H2. The van der Waals surface area contributed by atoms with E-state index >= 15 is 0 Å². The normalized spacial score (nSPS) is 48.7. The van der Waals surface area contributed by atoms with Crippen molar-refractivity contribution in [2.45, 2.75) is 70.3 Å². The molecule has 5 rings (SSSR count). The van der Waals surface area contributed by atoms with Crippen LogP contribution in [0, 0.1) is 23.2 Å². The van der Waals surface area contributed by atoms with Crippen molar-refractivity contribution >= 4 is 0 Å². The minimum atomic E-state index is 0.702. The third-order valence-corrected chi connectivity index (χ3v) is 6.55. The van der Waals surface area contributed by atoms with Crippen molar-refractivity contribution in [3.8, 4) is 0 Å². The molecule has 0 spiro atoms. The molecule has 1 unspecified atom stereocenters. The third kappa shape index (κ3) is 2.39. The summed E-state index contributed by atoms with van der Waals surface area (Å²) in [7, 11) is 0. The van der Waals surface area contributed by atoms with Gasteiger partial charge in [-0.25, -0.2) is 0 Å². The van der Waals surface area contributed by atoms with Gasteiger partial charge in [0.05, 0.1) is 0 Å². The Hall–Kier alpha value is -0.300. The first-order valence-electron chi connectivity index (χ1n) is 8.61. The first-order chi connectivity index (χ1) is 9.21. The number of rotatable bonds is 3. The van der Waals surface area contributed by atoms with Crippen LogP contribution in [0.3, 0.4) is 0 Å². The van der Waals surface area contributed by atoms with Crippen LogP contribution in [0.4, 0.5) is 0 Å². The fourth-order valence-electron chi connectivity index (χ4n) is 6.19. The van der Waals surface area contributed by atoms with Crippen LogP contribution >= 0.6 is 0 Å². The summed E-state index contributed by atoms with van der Waals surface area (Å²) in [6.45, 7) is 5.51. The molecule has 106 valence electrons. The van der Waals surface area contributed by atoms with Crippen LogP contribution in [0.25, 0.3) is 0 Å². The minimum absolute atomic E-state index is 0.702. The SMILES string of the molecule is C=C1CCCC(NCC23CC4CC(CC(C4)C2)C3)C1. The largest absolute Gasteiger partial charge is 0.313 e. The Morgan fingerprint density at radius 1 is 1.05 bits per heavy atom. The highest BCUT2D eigenvalue weighted by Gasteiger charge is 2.50. The van der Waals surface area contributed by atoms with E-state index < -0.39 is 0 Å². The van der Waals surface area contributed by atoms with Crippen molar-refractivity contribution in [3.63, 3.8) is 0 Å². The molecule has 0 amide bonds. The van der Waals surface area contributed by atoms with E-state index in [0.29, 0.717) is 5.41 Å². The van der Waals surface area contributed by atoms with Crippen LogP contribution in [0.15, 0.2) is 12.2 Å². The quantitative estimate of drug-likeness (QED) is 0.746. The van der Waals surface area contributed by atoms with Gasteiger partial charge in [0, 0.05) is 12.6 Å². The van der Waals surface area contributed by atoms with Gasteiger partial charge in [0.25, 0.3) is 0 Å². The Labute approximate surface area is 118 Å². The topological polar surface area (TPSA) is 12.0 Å². The summed E-state index contributed by atoms with van der Waals surface area (Å²) >= 11 is 0. The molecule has 1 nitrogen and oxygen atoms in total. The van der Waals surface area contributed by atoms with Crippen LogP contribution in [0.5, 0.6) is 0 Å². The average Bonchev–Trinajstić information content (AvgIpc) is 2.35. The molecule has 5 aliphatic rings. The van der Waals surface area contributed by atoms with Gasteiger partial charge in [-0.3, -0.25) is 0 Å². The van der Waals surface area contributed by atoms with Gasteiger partial charge in [0.2, 0.25) is 0 Å². The van der Waals surface area contributed by atoms with Crippen molar-refractivity contribution < 1.29 is 0 Å². The molecule has 1 atom stereocenters. The molecule has 4 bridgehead atoms. The number of nitrogens with one attached hydrogen (secondary N) is 1. The van der Waals surface area contributed by atoms with Gasteiger partial charge >= 0.3 is 0 Å². The molecule has 0 aromatic rings. The molecular formula is C18H29N. The lowest BCUT2D eigenvalue weighted by Gasteiger charge is -2.57. The second-order valence-electron chi connectivity index (χ2n) is 8.34. The highest BCUT2D eigenvalue weighted by molar-refractivity contribution is 5.05. The summed E-state index contributed by atoms with van der Waals surface area (Å²) in [5, 5.41) is 3.95. The van der Waals surface area contributed by atoms with Crippen molar-refractivity contribution in [1.29, 1.82) is 0 Å². The van der Waals surface area contributed by atoms with Crippen LogP contribution in [-0.2, 0) is 0 Å². The molecule has 0 radical (unpaired) electrons. The Morgan fingerprint density at radius 3 is 2.26 bits per heavy atom. The van der Waals surface area contributed by atoms with Gasteiger partial charge in [-0.15, -0.1) is 0 Å². The monoisotopic (exact) mass is 259 g/mol. The summed E-state index contributed by atoms with van der Waals surface area (Å²) in [5.74, 6) is 3.28.